The van der Waals surface area contributed by atoms with Crippen LogP contribution in [0.25, 0.3) is 0 Å². The van der Waals surface area contributed by atoms with Crippen LogP contribution in [0, 0.1) is 0 Å². The van der Waals surface area contributed by atoms with Gasteiger partial charge in [-0.3, -0.25) is 4.79 Å². The van der Waals surface area contributed by atoms with Crippen LogP contribution in [0.15, 0.2) is 48.5 Å². The van der Waals surface area contributed by atoms with Crippen molar-refractivity contribution in [3.63, 3.8) is 0 Å². The molecular weight excluding hydrogens is 373 g/mol. The largest absolute Gasteiger partial charge is 0.350 e. The molecule has 2 aromatic carbocycles. The first-order valence-electron chi connectivity index (χ1n) is 8.39. The summed E-state index contributed by atoms with van der Waals surface area (Å²) in [7, 11) is 0. The quantitative estimate of drug-likeness (QED) is 0.815. The maximum Gasteiger partial charge on any atom is 0.322 e. The van der Waals surface area contributed by atoms with Gasteiger partial charge in [0.15, 0.2) is 0 Å². The van der Waals surface area contributed by atoms with Crippen molar-refractivity contribution in [2.75, 3.05) is 11.9 Å². The first kappa shape index (κ1) is 18.5. The van der Waals surface area contributed by atoms with E-state index in [9.17, 15) is 9.59 Å². The van der Waals surface area contributed by atoms with Crippen LogP contribution in [-0.2, 0) is 11.3 Å². The van der Waals surface area contributed by atoms with Crippen molar-refractivity contribution >= 4 is 40.8 Å². The Labute approximate surface area is 162 Å². The molecule has 2 N–H and O–H groups in total. The Morgan fingerprint density at radius 1 is 1.08 bits per heavy atom. The number of hydrogen-bond donors (Lipinski definition) is 2. The van der Waals surface area contributed by atoms with Gasteiger partial charge in [-0.25, -0.2) is 4.79 Å². The van der Waals surface area contributed by atoms with Crippen molar-refractivity contribution in [3.8, 4) is 0 Å². The summed E-state index contributed by atoms with van der Waals surface area (Å²) >= 11 is 12.0. The second kappa shape index (κ2) is 8.43. The summed E-state index contributed by atoms with van der Waals surface area (Å²) in [5.41, 5.74) is 1.49. The molecule has 0 aliphatic carbocycles. The molecule has 2 aromatic rings. The fourth-order valence-electron chi connectivity index (χ4n) is 2.95. The summed E-state index contributed by atoms with van der Waals surface area (Å²) in [5, 5.41) is 6.89. The van der Waals surface area contributed by atoms with Crippen LogP contribution < -0.4 is 10.6 Å². The van der Waals surface area contributed by atoms with Gasteiger partial charge in [-0.05, 0) is 48.7 Å². The number of urea groups is 1. The lowest BCUT2D eigenvalue weighted by molar-refractivity contribution is -0.124. The summed E-state index contributed by atoms with van der Waals surface area (Å²) < 4.78 is 0. The van der Waals surface area contributed by atoms with Crippen molar-refractivity contribution < 1.29 is 9.59 Å². The molecular formula is C19H19Cl2N3O2. The number of rotatable bonds is 4. The zero-order chi connectivity index (χ0) is 18.5. The summed E-state index contributed by atoms with van der Waals surface area (Å²) in [6.45, 7) is 0.880. The number of nitrogens with one attached hydrogen (secondary N) is 2. The molecule has 3 rings (SSSR count). The van der Waals surface area contributed by atoms with Crippen LogP contribution in [0.1, 0.15) is 18.4 Å². The predicted octanol–water partition coefficient (Wildman–Crippen LogP) is 4.31. The Bertz CT molecular complexity index is 796. The summed E-state index contributed by atoms with van der Waals surface area (Å²) in [5.74, 6) is -0.173. The minimum absolute atomic E-state index is 0.173. The maximum absolute atomic E-state index is 12.5. The van der Waals surface area contributed by atoms with E-state index >= 15 is 0 Å². The van der Waals surface area contributed by atoms with E-state index in [1.165, 1.54) is 0 Å². The Balaban J connectivity index is 1.59. The van der Waals surface area contributed by atoms with Crippen LogP contribution in [0.2, 0.25) is 10.0 Å². The van der Waals surface area contributed by atoms with Gasteiger partial charge in [0.1, 0.15) is 6.04 Å². The number of carbonyl (C=O) groups is 2. The smallest absolute Gasteiger partial charge is 0.322 e. The molecule has 0 aromatic heterocycles. The topological polar surface area (TPSA) is 61.4 Å². The van der Waals surface area contributed by atoms with E-state index < -0.39 is 6.04 Å². The summed E-state index contributed by atoms with van der Waals surface area (Å²) in [6.07, 6.45) is 1.43. The average Bonchev–Trinajstić information content (AvgIpc) is 3.13. The Morgan fingerprint density at radius 2 is 1.81 bits per heavy atom. The Kier molecular flexibility index (Phi) is 6.01. The third kappa shape index (κ3) is 4.48. The maximum atomic E-state index is 12.5. The zero-order valence-corrected chi connectivity index (χ0v) is 15.6. The van der Waals surface area contributed by atoms with Crippen LogP contribution >= 0.6 is 23.2 Å². The van der Waals surface area contributed by atoms with Gasteiger partial charge in [-0.2, -0.15) is 0 Å². The molecule has 5 nitrogen and oxygen atoms in total. The zero-order valence-electron chi connectivity index (χ0n) is 14.0. The number of benzene rings is 2. The molecule has 3 amide bonds. The number of halogens is 2. The van der Waals surface area contributed by atoms with Gasteiger partial charge in [0.2, 0.25) is 5.91 Å². The van der Waals surface area contributed by atoms with E-state index in [0.717, 1.165) is 12.0 Å². The number of nitrogens with zero attached hydrogens (tertiary/aromatic N) is 1. The fourth-order valence-corrected chi connectivity index (χ4v) is 3.28. The van der Waals surface area contributed by atoms with Gasteiger partial charge >= 0.3 is 6.03 Å². The second-order valence-corrected chi connectivity index (χ2v) is 6.94. The minimum Gasteiger partial charge on any atom is -0.350 e. The number of hydrogen-bond acceptors (Lipinski definition) is 2. The molecule has 1 aliphatic rings. The van der Waals surface area contributed by atoms with Crippen LogP contribution in [0.3, 0.4) is 0 Å². The molecule has 0 spiro atoms. The lowest BCUT2D eigenvalue weighted by atomic mass is 10.2. The van der Waals surface area contributed by atoms with Gasteiger partial charge in [-0.15, -0.1) is 0 Å². The monoisotopic (exact) mass is 391 g/mol. The number of amides is 3. The first-order chi connectivity index (χ1) is 12.5. The number of carbonyl (C=O) groups excluding carboxylic acids is 2. The van der Waals surface area contributed by atoms with Gasteiger partial charge in [0.05, 0.1) is 0 Å². The Hall–Kier alpha value is -2.24. The van der Waals surface area contributed by atoms with Crippen molar-refractivity contribution in [1.82, 2.24) is 10.2 Å². The van der Waals surface area contributed by atoms with E-state index in [4.69, 9.17) is 23.2 Å². The third-order valence-corrected chi connectivity index (χ3v) is 4.94. The standard InChI is InChI=1S/C19H19Cl2N3O2/c20-14-7-9-15(10-8-14)23-19(26)24-11-3-6-17(24)18(25)22-12-13-4-1-2-5-16(13)21/h1-2,4-5,7-10,17H,3,6,11-12H2,(H,22,25)(H,23,26)/t17-/m1/s1. The lowest BCUT2D eigenvalue weighted by Gasteiger charge is -2.24. The van der Waals surface area contributed by atoms with E-state index in [1.807, 2.05) is 18.2 Å². The van der Waals surface area contributed by atoms with Gasteiger partial charge in [-0.1, -0.05) is 41.4 Å². The molecule has 0 radical (unpaired) electrons. The first-order valence-corrected chi connectivity index (χ1v) is 9.14. The number of likely N-dealkylation sites (tertiary alicyclic amines) is 1. The van der Waals surface area contributed by atoms with E-state index in [1.54, 1.807) is 35.2 Å². The molecule has 1 saturated heterocycles. The summed E-state index contributed by atoms with van der Waals surface area (Å²) in [6, 6.07) is 13.4. The highest BCUT2D eigenvalue weighted by molar-refractivity contribution is 6.31. The Morgan fingerprint density at radius 3 is 2.54 bits per heavy atom. The highest BCUT2D eigenvalue weighted by Gasteiger charge is 2.34. The van der Waals surface area contributed by atoms with Gasteiger partial charge < -0.3 is 15.5 Å². The molecule has 1 fully saturated rings. The lowest BCUT2D eigenvalue weighted by Crippen LogP contribution is -2.47. The number of anilines is 1. The van der Waals surface area contributed by atoms with Crippen molar-refractivity contribution in [3.05, 3.63) is 64.1 Å². The molecule has 1 atom stereocenters. The fraction of sp³-hybridized carbons (Fsp3) is 0.263. The third-order valence-electron chi connectivity index (χ3n) is 4.32. The van der Waals surface area contributed by atoms with Crippen molar-refractivity contribution in [2.24, 2.45) is 0 Å². The van der Waals surface area contributed by atoms with E-state index in [2.05, 4.69) is 10.6 Å². The molecule has 1 heterocycles. The summed E-state index contributed by atoms with van der Waals surface area (Å²) in [4.78, 5) is 26.6. The van der Waals surface area contributed by atoms with Crippen LogP contribution in [0.5, 0.6) is 0 Å². The van der Waals surface area contributed by atoms with E-state index in [0.29, 0.717) is 35.2 Å². The highest BCUT2D eigenvalue weighted by atomic mass is 35.5. The van der Waals surface area contributed by atoms with Gasteiger partial charge in [0.25, 0.3) is 0 Å². The highest BCUT2D eigenvalue weighted by Crippen LogP contribution is 2.21. The molecule has 1 aliphatic heterocycles. The molecule has 0 bridgehead atoms. The predicted molar refractivity (Wildman–Crippen MR) is 103 cm³/mol. The van der Waals surface area contributed by atoms with Crippen LogP contribution in [-0.4, -0.2) is 29.4 Å². The average molecular weight is 392 g/mol. The second-order valence-electron chi connectivity index (χ2n) is 6.10. The molecule has 0 unspecified atom stereocenters. The molecule has 26 heavy (non-hydrogen) atoms. The van der Waals surface area contributed by atoms with Gasteiger partial charge in [0, 0.05) is 28.8 Å². The molecule has 136 valence electrons. The van der Waals surface area contributed by atoms with Crippen LogP contribution in [0.4, 0.5) is 10.5 Å². The van der Waals surface area contributed by atoms with Crippen molar-refractivity contribution in [2.45, 2.75) is 25.4 Å². The molecule has 0 saturated carbocycles. The van der Waals surface area contributed by atoms with E-state index in [-0.39, 0.29) is 11.9 Å². The normalized spacial score (nSPS) is 16.4. The van der Waals surface area contributed by atoms with Crippen molar-refractivity contribution in [1.29, 1.82) is 0 Å². The minimum atomic E-state index is -0.482. The SMILES string of the molecule is O=C(NCc1ccccc1Cl)[C@H]1CCCN1C(=O)Nc1ccc(Cl)cc1. The molecule has 7 heteroatoms.